The van der Waals surface area contributed by atoms with Crippen LogP contribution in [0.5, 0.6) is 0 Å². The van der Waals surface area contributed by atoms with Crippen molar-refractivity contribution in [3.63, 3.8) is 0 Å². The highest BCUT2D eigenvalue weighted by atomic mass is 35.5. The van der Waals surface area contributed by atoms with Crippen molar-refractivity contribution in [2.24, 2.45) is 0 Å². The summed E-state index contributed by atoms with van der Waals surface area (Å²) in [6, 6.07) is 7.40. The standard InChI is InChI=1S/C12H12ClN3O/c13-10-3-1-8(2-4-10)12-15-11(16-17-12)9-5-6-14-7-9/h1-4,9,14H,5-7H2/t9-/m0/s1. The molecule has 0 amide bonds. The van der Waals surface area contributed by atoms with Gasteiger partial charge in [-0.25, -0.2) is 0 Å². The van der Waals surface area contributed by atoms with Gasteiger partial charge in [0.2, 0.25) is 0 Å². The molecular formula is C12H12ClN3O. The average molecular weight is 250 g/mol. The molecule has 1 aromatic carbocycles. The third-order valence-corrected chi connectivity index (χ3v) is 3.21. The summed E-state index contributed by atoms with van der Waals surface area (Å²) in [5.41, 5.74) is 0.902. The zero-order valence-electron chi connectivity index (χ0n) is 9.19. The van der Waals surface area contributed by atoms with Gasteiger partial charge in [-0.15, -0.1) is 0 Å². The number of nitrogens with one attached hydrogen (secondary N) is 1. The third-order valence-electron chi connectivity index (χ3n) is 2.96. The molecule has 1 aromatic heterocycles. The first-order chi connectivity index (χ1) is 8.33. The van der Waals surface area contributed by atoms with Crippen molar-refractivity contribution in [1.82, 2.24) is 15.5 Å². The maximum atomic E-state index is 5.83. The molecule has 0 unspecified atom stereocenters. The molecule has 88 valence electrons. The minimum atomic E-state index is 0.375. The van der Waals surface area contributed by atoms with E-state index < -0.39 is 0 Å². The zero-order chi connectivity index (χ0) is 11.7. The maximum Gasteiger partial charge on any atom is 0.257 e. The zero-order valence-corrected chi connectivity index (χ0v) is 9.94. The van der Waals surface area contributed by atoms with Crippen LogP contribution in [-0.4, -0.2) is 23.2 Å². The molecule has 4 nitrogen and oxygen atoms in total. The lowest BCUT2D eigenvalue weighted by Gasteiger charge is -1.98. The monoisotopic (exact) mass is 249 g/mol. The lowest BCUT2D eigenvalue weighted by atomic mass is 10.1. The second-order valence-electron chi connectivity index (χ2n) is 4.15. The fraction of sp³-hybridized carbons (Fsp3) is 0.333. The van der Waals surface area contributed by atoms with Crippen molar-refractivity contribution in [2.45, 2.75) is 12.3 Å². The Morgan fingerprint density at radius 2 is 2.12 bits per heavy atom. The minimum Gasteiger partial charge on any atom is -0.334 e. The molecule has 1 N–H and O–H groups in total. The van der Waals surface area contributed by atoms with Crippen LogP contribution >= 0.6 is 11.6 Å². The highest BCUT2D eigenvalue weighted by Crippen LogP contribution is 2.24. The number of hydrogen-bond acceptors (Lipinski definition) is 4. The smallest absolute Gasteiger partial charge is 0.257 e. The second-order valence-corrected chi connectivity index (χ2v) is 4.59. The lowest BCUT2D eigenvalue weighted by Crippen LogP contribution is -2.08. The molecule has 0 radical (unpaired) electrons. The van der Waals surface area contributed by atoms with E-state index in [1.54, 1.807) is 0 Å². The van der Waals surface area contributed by atoms with Crippen LogP contribution < -0.4 is 5.32 Å². The largest absolute Gasteiger partial charge is 0.334 e. The van der Waals surface area contributed by atoms with Crippen LogP contribution in [0.15, 0.2) is 28.8 Å². The summed E-state index contributed by atoms with van der Waals surface area (Å²) in [7, 11) is 0. The van der Waals surface area contributed by atoms with Gasteiger partial charge in [0.15, 0.2) is 5.82 Å². The number of halogens is 1. The molecule has 1 aliphatic rings. The predicted octanol–water partition coefficient (Wildman–Crippen LogP) is 2.47. The van der Waals surface area contributed by atoms with Crippen LogP contribution in [0.25, 0.3) is 11.5 Å². The van der Waals surface area contributed by atoms with Crippen molar-refractivity contribution >= 4 is 11.6 Å². The summed E-state index contributed by atoms with van der Waals surface area (Å²) >= 11 is 5.83. The molecule has 5 heteroatoms. The molecule has 3 rings (SSSR count). The van der Waals surface area contributed by atoms with Gasteiger partial charge in [-0.2, -0.15) is 4.98 Å². The van der Waals surface area contributed by atoms with E-state index in [4.69, 9.17) is 16.1 Å². The Hall–Kier alpha value is -1.39. The Balaban J connectivity index is 1.86. The summed E-state index contributed by atoms with van der Waals surface area (Å²) < 4.78 is 5.27. The molecule has 0 bridgehead atoms. The number of benzene rings is 1. The highest BCUT2D eigenvalue weighted by molar-refractivity contribution is 6.30. The fourth-order valence-corrected chi connectivity index (χ4v) is 2.11. The van der Waals surface area contributed by atoms with Gasteiger partial charge in [-0.3, -0.25) is 0 Å². The van der Waals surface area contributed by atoms with Gasteiger partial charge in [-0.05, 0) is 37.2 Å². The van der Waals surface area contributed by atoms with Gasteiger partial charge in [0.05, 0.1) is 0 Å². The Morgan fingerprint density at radius 3 is 2.82 bits per heavy atom. The third kappa shape index (κ3) is 2.18. The molecule has 1 aliphatic heterocycles. The van der Waals surface area contributed by atoms with Crippen molar-refractivity contribution in [3.8, 4) is 11.5 Å². The number of rotatable bonds is 2. The van der Waals surface area contributed by atoms with Gasteiger partial charge in [0.1, 0.15) is 0 Å². The molecule has 0 spiro atoms. The Kier molecular flexibility index (Phi) is 2.82. The fourth-order valence-electron chi connectivity index (χ4n) is 1.99. The van der Waals surface area contributed by atoms with Crippen LogP contribution in [0, 0.1) is 0 Å². The van der Waals surface area contributed by atoms with E-state index in [0.717, 1.165) is 30.9 Å². The Labute approximate surface area is 104 Å². The van der Waals surface area contributed by atoms with Gasteiger partial charge >= 0.3 is 0 Å². The van der Waals surface area contributed by atoms with E-state index in [-0.39, 0.29) is 0 Å². The van der Waals surface area contributed by atoms with Crippen molar-refractivity contribution < 1.29 is 4.52 Å². The second kappa shape index (κ2) is 4.47. The molecule has 0 saturated carbocycles. The topological polar surface area (TPSA) is 51.0 Å². The van der Waals surface area contributed by atoms with E-state index in [2.05, 4.69) is 15.5 Å². The first kappa shape index (κ1) is 10.7. The van der Waals surface area contributed by atoms with E-state index in [0.29, 0.717) is 16.8 Å². The van der Waals surface area contributed by atoms with Gasteiger partial charge in [-0.1, -0.05) is 16.8 Å². The molecule has 2 aromatic rings. The van der Waals surface area contributed by atoms with Crippen molar-refractivity contribution in [1.29, 1.82) is 0 Å². The van der Waals surface area contributed by atoms with Crippen LogP contribution in [0.2, 0.25) is 5.02 Å². The predicted molar refractivity (Wildman–Crippen MR) is 65.0 cm³/mol. The molecule has 17 heavy (non-hydrogen) atoms. The van der Waals surface area contributed by atoms with E-state index in [1.807, 2.05) is 24.3 Å². The molecule has 1 saturated heterocycles. The quantitative estimate of drug-likeness (QED) is 0.888. The summed E-state index contributed by atoms with van der Waals surface area (Å²) in [6.45, 7) is 1.95. The summed E-state index contributed by atoms with van der Waals surface area (Å²) in [4.78, 5) is 4.43. The van der Waals surface area contributed by atoms with E-state index in [1.165, 1.54) is 0 Å². The maximum absolute atomic E-state index is 5.83. The Bertz CT molecular complexity index is 503. The first-order valence-electron chi connectivity index (χ1n) is 5.63. The summed E-state index contributed by atoms with van der Waals surface area (Å²) in [6.07, 6.45) is 1.07. The van der Waals surface area contributed by atoms with Gasteiger partial charge in [0.25, 0.3) is 5.89 Å². The normalized spacial score (nSPS) is 19.7. The lowest BCUT2D eigenvalue weighted by molar-refractivity contribution is 0.417. The molecule has 1 atom stereocenters. The summed E-state index contributed by atoms with van der Waals surface area (Å²) in [5, 5.41) is 8.03. The van der Waals surface area contributed by atoms with Gasteiger partial charge < -0.3 is 9.84 Å². The van der Waals surface area contributed by atoms with Gasteiger partial charge in [0, 0.05) is 23.0 Å². The first-order valence-corrected chi connectivity index (χ1v) is 6.01. The number of aromatic nitrogens is 2. The van der Waals surface area contributed by atoms with Crippen LogP contribution in [-0.2, 0) is 0 Å². The van der Waals surface area contributed by atoms with Crippen molar-refractivity contribution in [3.05, 3.63) is 35.1 Å². The van der Waals surface area contributed by atoms with E-state index >= 15 is 0 Å². The van der Waals surface area contributed by atoms with Crippen molar-refractivity contribution in [2.75, 3.05) is 13.1 Å². The molecule has 1 fully saturated rings. The SMILES string of the molecule is Clc1ccc(-c2nc([C@H]3CCNC3)no2)cc1. The van der Waals surface area contributed by atoms with Crippen LogP contribution in [0.3, 0.4) is 0 Å². The molecular weight excluding hydrogens is 238 g/mol. The summed E-state index contributed by atoms with van der Waals surface area (Å²) in [5.74, 6) is 1.73. The Morgan fingerprint density at radius 1 is 1.29 bits per heavy atom. The minimum absolute atomic E-state index is 0.375. The van der Waals surface area contributed by atoms with E-state index in [9.17, 15) is 0 Å². The van der Waals surface area contributed by atoms with Crippen LogP contribution in [0.1, 0.15) is 18.2 Å². The highest BCUT2D eigenvalue weighted by Gasteiger charge is 2.22. The molecule has 2 heterocycles. The number of hydrogen-bond donors (Lipinski definition) is 1. The molecule has 0 aliphatic carbocycles. The average Bonchev–Trinajstić information content (AvgIpc) is 3.00. The number of nitrogens with zero attached hydrogens (tertiary/aromatic N) is 2. The van der Waals surface area contributed by atoms with Crippen LogP contribution in [0.4, 0.5) is 0 Å².